The molecule has 0 aromatic rings. The zero-order valence-electron chi connectivity index (χ0n) is 4.99. The van der Waals surface area contributed by atoms with Gasteiger partial charge in [-0.15, -0.1) is 0 Å². The molecule has 0 bridgehead atoms. The third-order valence-electron chi connectivity index (χ3n) is 0.847. The molecule has 38 valence electrons. The molecule has 0 nitrogen and oxygen atoms in total. The molecule has 0 radical (unpaired) electrons. The van der Waals surface area contributed by atoms with Gasteiger partial charge in [-0.3, -0.25) is 0 Å². The van der Waals surface area contributed by atoms with Crippen LogP contribution in [0.3, 0.4) is 0 Å². The summed E-state index contributed by atoms with van der Waals surface area (Å²) in [5.74, 6) is 3.07. The topological polar surface area (TPSA) is 0 Å². The van der Waals surface area contributed by atoms with Gasteiger partial charge in [0.25, 0.3) is 0 Å². The van der Waals surface area contributed by atoms with E-state index in [0.717, 1.165) is 18.8 Å². The van der Waals surface area contributed by atoms with E-state index in [1.54, 1.807) is 0 Å². The fraction of sp³-hybridized carbons (Fsp3) is 0.714. The number of hydrogen-bond acceptors (Lipinski definition) is 0. The van der Waals surface area contributed by atoms with E-state index in [4.69, 9.17) is 6.42 Å². The Hall–Kier alpha value is -0.220. The summed E-state index contributed by atoms with van der Waals surface area (Å²) in [6.45, 7) is 4.30. The Kier molecular flexibility index (Phi) is 3.83. The van der Waals surface area contributed by atoms with Gasteiger partial charge in [0.2, 0.25) is 0 Å². The summed E-state index contributed by atoms with van der Waals surface area (Å²) in [5.41, 5.74) is 0. The Labute approximate surface area is 45.9 Å². The van der Waals surface area contributed by atoms with Crippen molar-refractivity contribution in [3.63, 3.8) is 0 Å². The monoisotopic (exact) mass is 95.1 g/mol. The average molecular weight is 95.2 g/mol. The van der Waals surface area contributed by atoms with E-state index >= 15 is 0 Å². The summed E-state index contributed by atoms with van der Waals surface area (Å²) >= 11 is 0. The molecule has 0 heterocycles. The van der Waals surface area contributed by atoms with Crippen LogP contribution in [0.5, 0.6) is 0 Å². The van der Waals surface area contributed by atoms with Gasteiger partial charge in [0.15, 0.2) is 0 Å². The van der Waals surface area contributed by atoms with Crippen LogP contribution in [0.15, 0.2) is 0 Å². The quantitative estimate of drug-likeness (QED) is 0.363. The van der Waals surface area contributed by atoms with E-state index in [1.165, 1.54) is 0 Å². The second-order valence-corrected chi connectivity index (χ2v) is 2.11. The Morgan fingerprint density at radius 3 is 2.29 bits per heavy atom. The van der Waals surface area contributed by atoms with Crippen molar-refractivity contribution in [3.8, 4) is 5.92 Å². The molecule has 0 rings (SSSR count). The van der Waals surface area contributed by atoms with Gasteiger partial charge in [0.05, 0.1) is 0 Å². The predicted octanol–water partition coefficient (Wildman–Crippen LogP) is 2.01. The summed E-state index contributed by atoms with van der Waals surface area (Å²) in [6.07, 6.45) is 8.46. The molecule has 0 spiro atoms. The molecule has 0 aliphatic carbocycles. The summed E-state index contributed by atoms with van der Waals surface area (Å²) in [7, 11) is 0. The van der Waals surface area contributed by atoms with E-state index < -0.39 is 0 Å². The molecule has 0 aliphatic heterocycles. The van der Waals surface area contributed by atoms with Crippen LogP contribution in [0, 0.1) is 18.3 Å². The standard InChI is InChI=1S/C7H11/c1-4-5-6-7(2)3/h7H,5-6H2,2-3H3/q+1. The molecule has 7 heavy (non-hydrogen) atoms. The van der Waals surface area contributed by atoms with E-state index in [0.29, 0.717) is 0 Å². The molecule has 0 aromatic carbocycles. The Balaban J connectivity index is 2.86. The van der Waals surface area contributed by atoms with Crippen molar-refractivity contribution >= 4 is 0 Å². The molecule has 0 atom stereocenters. The van der Waals surface area contributed by atoms with Gasteiger partial charge in [0, 0.05) is 0 Å². The Morgan fingerprint density at radius 1 is 1.57 bits per heavy atom. The normalized spacial score (nSPS) is 9.29. The molecule has 0 saturated carbocycles. The summed E-state index contributed by atoms with van der Waals surface area (Å²) in [5, 5.41) is 0. The molecular weight excluding hydrogens is 84.1 g/mol. The molecule has 0 unspecified atom stereocenters. The zero-order valence-corrected chi connectivity index (χ0v) is 4.99. The van der Waals surface area contributed by atoms with Crippen molar-refractivity contribution < 1.29 is 0 Å². The van der Waals surface area contributed by atoms with E-state index in [9.17, 15) is 0 Å². The van der Waals surface area contributed by atoms with Crippen molar-refractivity contribution in [1.82, 2.24) is 0 Å². The van der Waals surface area contributed by atoms with Gasteiger partial charge in [-0.05, 0) is 0 Å². The van der Waals surface area contributed by atoms with Crippen LogP contribution >= 0.6 is 0 Å². The Bertz CT molecular complexity index is 64.6. The molecule has 0 fully saturated rings. The minimum atomic E-state index is 0.720. The van der Waals surface area contributed by atoms with Crippen molar-refractivity contribution in [2.24, 2.45) is 5.92 Å². The van der Waals surface area contributed by atoms with Crippen molar-refractivity contribution in [2.75, 3.05) is 0 Å². The first-order chi connectivity index (χ1) is 3.27. The van der Waals surface area contributed by atoms with Gasteiger partial charge >= 0.3 is 45.0 Å². The van der Waals surface area contributed by atoms with Crippen molar-refractivity contribution in [2.45, 2.75) is 26.7 Å². The maximum atomic E-state index is 6.55. The second-order valence-electron chi connectivity index (χ2n) is 2.11. The summed E-state index contributed by atoms with van der Waals surface area (Å²) in [6, 6.07) is 0. The van der Waals surface area contributed by atoms with Crippen LogP contribution in [0.25, 0.3) is 0 Å². The van der Waals surface area contributed by atoms with Crippen LogP contribution in [0.1, 0.15) is 26.7 Å². The van der Waals surface area contributed by atoms with E-state index in [-0.39, 0.29) is 0 Å². The van der Waals surface area contributed by atoms with E-state index in [1.807, 2.05) is 0 Å². The number of rotatable bonds is 2. The fourth-order valence-corrected chi connectivity index (χ4v) is 0.361. The summed E-state index contributed by atoms with van der Waals surface area (Å²) in [4.78, 5) is 0. The fourth-order valence-electron chi connectivity index (χ4n) is 0.361. The first kappa shape index (κ1) is 6.78. The van der Waals surface area contributed by atoms with Crippen LogP contribution in [-0.4, -0.2) is 0 Å². The van der Waals surface area contributed by atoms with Crippen LogP contribution in [-0.2, 0) is 0 Å². The zero-order chi connectivity index (χ0) is 5.70. The van der Waals surface area contributed by atoms with Gasteiger partial charge in [0.1, 0.15) is 0 Å². The molecule has 0 heteroatoms. The van der Waals surface area contributed by atoms with Crippen LogP contribution in [0.2, 0.25) is 0 Å². The Morgan fingerprint density at radius 2 is 2.14 bits per heavy atom. The van der Waals surface area contributed by atoms with E-state index in [2.05, 4.69) is 19.8 Å². The molecular formula is C7H11+. The average Bonchev–Trinajstić information content (AvgIpc) is 1.61. The van der Waals surface area contributed by atoms with Gasteiger partial charge in [-0.2, -0.15) is 0 Å². The predicted molar refractivity (Wildman–Crippen MR) is 31.2 cm³/mol. The molecule has 0 aromatic heterocycles. The van der Waals surface area contributed by atoms with Crippen LogP contribution < -0.4 is 0 Å². The van der Waals surface area contributed by atoms with Gasteiger partial charge < -0.3 is 0 Å². The third kappa shape index (κ3) is 5.78. The second kappa shape index (κ2) is 3.95. The van der Waals surface area contributed by atoms with Gasteiger partial charge in [-0.1, -0.05) is 0 Å². The molecule has 0 aliphatic rings. The van der Waals surface area contributed by atoms with Gasteiger partial charge in [-0.25, -0.2) is 0 Å². The SMILES string of the molecule is [C+]#CCCC(C)C. The summed E-state index contributed by atoms with van der Waals surface area (Å²) < 4.78 is 0. The molecule has 0 amide bonds. The number of hydrogen-bond donors (Lipinski definition) is 0. The first-order valence-electron chi connectivity index (χ1n) is 2.67. The minimum absolute atomic E-state index is 0.720. The molecule has 0 saturated heterocycles. The molecule has 0 N–H and O–H groups in total. The first-order valence-corrected chi connectivity index (χ1v) is 2.67. The third-order valence-corrected chi connectivity index (χ3v) is 0.847. The van der Waals surface area contributed by atoms with Crippen molar-refractivity contribution in [3.05, 3.63) is 6.42 Å². The van der Waals surface area contributed by atoms with Crippen LogP contribution in [0.4, 0.5) is 0 Å². The van der Waals surface area contributed by atoms with Crippen molar-refractivity contribution in [1.29, 1.82) is 0 Å². The maximum absolute atomic E-state index is 6.55.